The van der Waals surface area contributed by atoms with Crippen LogP contribution in [0.15, 0.2) is 23.6 Å². The number of anilines is 1. The minimum atomic E-state index is -0.189. The Morgan fingerprint density at radius 1 is 1.56 bits per heavy atom. The Kier molecular flexibility index (Phi) is 3.66. The standard InChI is InChI=1S/C12H16N4OS/c1-7(2)11(9-4-3-5-18-9)14-12(17)8-6-10(13)16-15-8/h3-7,11H,1-2H3,(H,14,17)(H3,13,15,16). The van der Waals surface area contributed by atoms with E-state index >= 15 is 0 Å². The largest absolute Gasteiger partial charge is 0.382 e. The molecule has 0 saturated heterocycles. The average Bonchev–Trinajstić information content (AvgIpc) is 2.95. The van der Waals surface area contributed by atoms with Gasteiger partial charge < -0.3 is 11.1 Å². The number of hydrogen-bond donors (Lipinski definition) is 3. The van der Waals surface area contributed by atoms with Crippen LogP contribution in [-0.4, -0.2) is 16.1 Å². The van der Waals surface area contributed by atoms with E-state index in [0.29, 0.717) is 17.4 Å². The van der Waals surface area contributed by atoms with Crippen molar-refractivity contribution < 1.29 is 4.79 Å². The van der Waals surface area contributed by atoms with Gasteiger partial charge in [0.15, 0.2) is 0 Å². The molecule has 1 unspecified atom stereocenters. The molecule has 0 aromatic carbocycles. The summed E-state index contributed by atoms with van der Waals surface area (Å²) in [6, 6.07) is 5.54. The molecular formula is C12H16N4OS. The van der Waals surface area contributed by atoms with Gasteiger partial charge in [0.05, 0.1) is 6.04 Å². The molecule has 1 amide bonds. The highest BCUT2D eigenvalue weighted by atomic mass is 32.1. The lowest BCUT2D eigenvalue weighted by atomic mass is 10.0. The number of hydrogen-bond acceptors (Lipinski definition) is 4. The summed E-state index contributed by atoms with van der Waals surface area (Å²) in [5, 5.41) is 11.4. The molecule has 0 radical (unpaired) electrons. The number of nitrogens with zero attached hydrogens (tertiary/aromatic N) is 1. The van der Waals surface area contributed by atoms with Crippen molar-refractivity contribution in [2.24, 2.45) is 5.92 Å². The molecule has 2 heterocycles. The molecular weight excluding hydrogens is 248 g/mol. The van der Waals surface area contributed by atoms with Crippen LogP contribution in [0.1, 0.15) is 35.3 Å². The van der Waals surface area contributed by atoms with Crippen molar-refractivity contribution in [3.63, 3.8) is 0 Å². The first kappa shape index (κ1) is 12.6. The zero-order valence-electron chi connectivity index (χ0n) is 10.3. The normalized spacial score (nSPS) is 12.6. The maximum atomic E-state index is 12.0. The van der Waals surface area contributed by atoms with E-state index in [2.05, 4.69) is 29.4 Å². The fraction of sp³-hybridized carbons (Fsp3) is 0.333. The number of amides is 1. The van der Waals surface area contributed by atoms with E-state index in [0.717, 1.165) is 4.88 Å². The average molecular weight is 264 g/mol. The fourth-order valence-electron chi connectivity index (χ4n) is 1.71. The van der Waals surface area contributed by atoms with Crippen LogP contribution in [0.5, 0.6) is 0 Å². The second-order valence-electron chi connectivity index (χ2n) is 4.42. The molecule has 0 bridgehead atoms. The summed E-state index contributed by atoms with van der Waals surface area (Å²) in [7, 11) is 0. The third-order valence-corrected chi connectivity index (χ3v) is 3.60. The zero-order chi connectivity index (χ0) is 13.1. The van der Waals surface area contributed by atoms with Gasteiger partial charge >= 0.3 is 0 Å². The molecule has 0 aliphatic rings. The van der Waals surface area contributed by atoms with Crippen LogP contribution in [0.2, 0.25) is 0 Å². The highest BCUT2D eigenvalue weighted by Gasteiger charge is 2.20. The molecule has 96 valence electrons. The number of H-pyrrole nitrogens is 1. The number of nitrogens with two attached hydrogens (primary N) is 1. The quantitative estimate of drug-likeness (QED) is 0.791. The predicted molar refractivity (Wildman–Crippen MR) is 72.4 cm³/mol. The Morgan fingerprint density at radius 3 is 2.83 bits per heavy atom. The summed E-state index contributed by atoms with van der Waals surface area (Å²) in [6.45, 7) is 4.15. The highest BCUT2D eigenvalue weighted by molar-refractivity contribution is 7.10. The second-order valence-corrected chi connectivity index (χ2v) is 5.40. The van der Waals surface area contributed by atoms with Crippen LogP contribution in [0, 0.1) is 5.92 Å². The fourth-order valence-corrected chi connectivity index (χ4v) is 2.66. The van der Waals surface area contributed by atoms with Gasteiger partial charge in [-0.15, -0.1) is 11.3 Å². The molecule has 0 aliphatic carbocycles. The number of carbonyl (C=O) groups excluding carboxylic acids is 1. The first-order valence-electron chi connectivity index (χ1n) is 5.73. The molecule has 5 nitrogen and oxygen atoms in total. The van der Waals surface area contributed by atoms with Crippen LogP contribution >= 0.6 is 11.3 Å². The van der Waals surface area contributed by atoms with Crippen molar-refractivity contribution in [1.29, 1.82) is 0 Å². The van der Waals surface area contributed by atoms with Gasteiger partial charge in [0.2, 0.25) is 0 Å². The van der Waals surface area contributed by atoms with Crippen LogP contribution in [0.4, 0.5) is 5.82 Å². The Labute approximate surface area is 109 Å². The molecule has 6 heteroatoms. The lowest BCUT2D eigenvalue weighted by molar-refractivity contribution is 0.0921. The number of nitrogen functional groups attached to an aromatic ring is 1. The lowest BCUT2D eigenvalue weighted by Crippen LogP contribution is -2.31. The van der Waals surface area contributed by atoms with Crippen molar-refractivity contribution in [2.75, 3.05) is 5.73 Å². The van der Waals surface area contributed by atoms with Crippen molar-refractivity contribution in [2.45, 2.75) is 19.9 Å². The maximum Gasteiger partial charge on any atom is 0.269 e. The van der Waals surface area contributed by atoms with E-state index in [1.165, 1.54) is 6.07 Å². The van der Waals surface area contributed by atoms with Gasteiger partial charge in [-0.25, -0.2) is 0 Å². The van der Waals surface area contributed by atoms with Crippen LogP contribution in [0.25, 0.3) is 0 Å². The van der Waals surface area contributed by atoms with E-state index in [-0.39, 0.29) is 11.9 Å². The molecule has 2 aromatic heterocycles. The van der Waals surface area contributed by atoms with Gasteiger partial charge in [-0.2, -0.15) is 5.10 Å². The summed E-state index contributed by atoms with van der Waals surface area (Å²) < 4.78 is 0. The highest BCUT2D eigenvalue weighted by Crippen LogP contribution is 2.26. The summed E-state index contributed by atoms with van der Waals surface area (Å²) >= 11 is 1.64. The van der Waals surface area contributed by atoms with Crippen LogP contribution < -0.4 is 11.1 Å². The van der Waals surface area contributed by atoms with Gasteiger partial charge in [0.25, 0.3) is 5.91 Å². The number of nitrogens with one attached hydrogen (secondary N) is 2. The summed E-state index contributed by atoms with van der Waals surface area (Å²) in [4.78, 5) is 13.2. The lowest BCUT2D eigenvalue weighted by Gasteiger charge is -2.20. The number of carbonyl (C=O) groups is 1. The van der Waals surface area contributed by atoms with E-state index in [1.54, 1.807) is 11.3 Å². The molecule has 1 atom stereocenters. The molecule has 0 saturated carbocycles. The van der Waals surface area contributed by atoms with Crippen molar-refractivity contribution in [3.8, 4) is 0 Å². The minimum Gasteiger partial charge on any atom is -0.382 e. The van der Waals surface area contributed by atoms with Crippen molar-refractivity contribution >= 4 is 23.1 Å². The molecule has 2 rings (SSSR count). The SMILES string of the molecule is CC(C)C(NC(=O)c1cc(N)n[nH]1)c1cccs1. The van der Waals surface area contributed by atoms with Crippen molar-refractivity contribution in [3.05, 3.63) is 34.2 Å². The van der Waals surface area contributed by atoms with Gasteiger partial charge in [0, 0.05) is 10.9 Å². The second kappa shape index (κ2) is 5.22. The first-order chi connectivity index (χ1) is 8.58. The third kappa shape index (κ3) is 2.70. The molecule has 4 N–H and O–H groups in total. The van der Waals surface area contributed by atoms with E-state index < -0.39 is 0 Å². The topological polar surface area (TPSA) is 83.8 Å². The van der Waals surface area contributed by atoms with Gasteiger partial charge in [-0.1, -0.05) is 19.9 Å². The Hall–Kier alpha value is -1.82. The number of thiophene rings is 1. The summed E-state index contributed by atoms with van der Waals surface area (Å²) in [6.07, 6.45) is 0. The monoisotopic (exact) mass is 264 g/mol. The van der Waals surface area contributed by atoms with Gasteiger partial charge in [-0.05, 0) is 17.4 Å². The number of rotatable bonds is 4. The summed E-state index contributed by atoms with van der Waals surface area (Å²) in [5.41, 5.74) is 5.87. The smallest absolute Gasteiger partial charge is 0.269 e. The molecule has 0 spiro atoms. The van der Waals surface area contributed by atoms with Gasteiger partial charge in [-0.3, -0.25) is 9.89 Å². The Balaban J connectivity index is 2.13. The number of aromatic nitrogens is 2. The molecule has 18 heavy (non-hydrogen) atoms. The van der Waals surface area contributed by atoms with E-state index in [9.17, 15) is 4.79 Å². The van der Waals surface area contributed by atoms with Gasteiger partial charge in [0.1, 0.15) is 11.5 Å². The third-order valence-electron chi connectivity index (χ3n) is 2.65. The van der Waals surface area contributed by atoms with E-state index in [1.807, 2.05) is 17.5 Å². The maximum absolute atomic E-state index is 12.0. The number of aromatic amines is 1. The summed E-state index contributed by atoms with van der Waals surface area (Å²) in [5.74, 6) is 0.441. The first-order valence-corrected chi connectivity index (χ1v) is 6.61. The zero-order valence-corrected chi connectivity index (χ0v) is 11.1. The Bertz CT molecular complexity index is 518. The van der Waals surface area contributed by atoms with Crippen LogP contribution in [-0.2, 0) is 0 Å². The van der Waals surface area contributed by atoms with E-state index in [4.69, 9.17) is 5.73 Å². The molecule has 0 aliphatic heterocycles. The molecule has 2 aromatic rings. The van der Waals surface area contributed by atoms with Crippen molar-refractivity contribution in [1.82, 2.24) is 15.5 Å². The Morgan fingerprint density at radius 2 is 2.33 bits per heavy atom. The predicted octanol–water partition coefficient (Wildman–Crippen LogP) is 2.18. The van der Waals surface area contributed by atoms with Crippen LogP contribution in [0.3, 0.4) is 0 Å². The molecule has 0 fully saturated rings. The minimum absolute atomic E-state index is 0.00187.